The number of carbonyl (C=O) groups excluding carboxylic acids is 1. The highest BCUT2D eigenvalue weighted by molar-refractivity contribution is 7.13. The van der Waals surface area contributed by atoms with E-state index in [0.717, 1.165) is 11.3 Å². The molecule has 0 aliphatic rings. The fraction of sp³-hybridized carbons (Fsp3) is 0.231. The van der Waals surface area contributed by atoms with Crippen LogP contribution in [0.5, 0.6) is 0 Å². The lowest BCUT2D eigenvalue weighted by Gasteiger charge is -2.13. The molecule has 0 fully saturated rings. The van der Waals surface area contributed by atoms with Crippen molar-refractivity contribution in [3.63, 3.8) is 0 Å². The van der Waals surface area contributed by atoms with Crippen LogP contribution in [0.3, 0.4) is 0 Å². The van der Waals surface area contributed by atoms with Crippen LogP contribution in [0.4, 0.5) is 5.13 Å². The Labute approximate surface area is 110 Å². The number of thiazole rings is 1. The topological polar surface area (TPSA) is 68.0 Å². The Kier molecular flexibility index (Phi) is 3.94. The van der Waals surface area contributed by atoms with Gasteiger partial charge in [0.05, 0.1) is 18.2 Å². The van der Waals surface area contributed by atoms with Gasteiger partial charge in [-0.15, -0.1) is 11.3 Å². The molecule has 1 aromatic heterocycles. The van der Waals surface area contributed by atoms with Gasteiger partial charge in [-0.2, -0.15) is 0 Å². The van der Waals surface area contributed by atoms with Crippen molar-refractivity contribution in [1.82, 2.24) is 10.3 Å². The number of nitrogens with two attached hydrogens (primary N) is 1. The average Bonchev–Trinajstić information content (AvgIpc) is 2.75. The van der Waals surface area contributed by atoms with Gasteiger partial charge in [-0.3, -0.25) is 4.79 Å². The van der Waals surface area contributed by atoms with Crippen LogP contribution < -0.4 is 11.1 Å². The number of amides is 1. The van der Waals surface area contributed by atoms with E-state index < -0.39 is 0 Å². The molecule has 1 amide bonds. The maximum Gasteiger partial charge on any atom is 0.226 e. The molecule has 0 saturated carbocycles. The molecule has 0 unspecified atom stereocenters. The third-order valence-corrected chi connectivity index (χ3v) is 3.31. The minimum absolute atomic E-state index is 0.00492. The van der Waals surface area contributed by atoms with E-state index in [1.807, 2.05) is 42.6 Å². The molecule has 0 radical (unpaired) electrons. The van der Waals surface area contributed by atoms with Gasteiger partial charge in [-0.25, -0.2) is 4.98 Å². The number of nitrogen functional groups attached to an aromatic ring is 1. The molecule has 5 heteroatoms. The maximum absolute atomic E-state index is 11.8. The van der Waals surface area contributed by atoms with Crippen LogP contribution in [0.25, 0.3) is 0 Å². The second kappa shape index (κ2) is 5.64. The van der Waals surface area contributed by atoms with Crippen molar-refractivity contribution >= 4 is 22.4 Å². The molecule has 0 aliphatic heterocycles. The highest BCUT2D eigenvalue weighted by Crippen LogP contribution is 2.13. The van der Waals surface area contributed by atoms with Gasteiger partial charge in [0.25, 0.3) is 0 Å². The van der Waals surface area contributed by atoms with Crippen LogP contribution in [-0.4, -0.2) is 10.9 Å². The van der Waals surface area contributed by atoms with Gasteiger partial charge in [0.2, 0.25) is 5.91 Å². The van der Waals surface area contributed by atoms with Crippen LogP contribution in [-0.2, 0) is 11.2 Å². The standard InChI is InChI=1S/C13H15N3OS/c1-9(10-5-3-2-4-6-10)15-12(17)7-11-8-18-13(14)16-11/h2-6,8-9H,7H2,1H3,(H2,14,16)(H,15,17)/t9-/m0/s1. The third-order valence-electron chi connectivity index (χ3n) is 2.59. The summed E-state index contributed by atoms with van der Waals surface area (Å²) in [6, 6.07) is 9.85. The van der Waals surface area contributed by atoms with Gasteiger partial charge >= 0.3 is 0 Å². The monoisotopic (exact) mass is 261 g/mol. The van der Waals surface area contributed by atoms with Gasteiger partial charge < -0.3 is 11.1 Å². The summed E-state index contributed by atoms with van der Waals surface area (Å²) >= 11 is 1.35. The number of hydrogen-bond donors (Lipinski definition) is 2. The largest absolute Gasteiger partial charge is 0.375 e. The van der Waals surface area contributed by atoms with E-state index in [9.17, 15) is 4.79 Å². The summed E-state index contributed by atoms with van der Waals surface area (Å²) in [6.07, 6.45) is 0.269. The lowest BCUT2D eigenvalue weighted by Crippen LogP contribution is -2.28. The van der Waals surface area contributed by atoms with E-state index in [1.165, 1.54) is 11.3 Å². The quantitative estimate of drug-likeness (QED) is 0.886. The van der Waals surface area contributed by atoms with Crippen molar-refractivity contribution in [2.24, 2.45) is 0 Å². The average molecular weight is 261 g/mol. The predicted octanol–water partition coefficient (Wildman–Crippen LogP) is 2.15. The summed E-state index contributed by atoms with van der Waals surface area (Å²) < 4.78 is 0. The first-order valence-corrected chi connectivity index (χ1v) is 6.57. The highest BCUT2D eigenvalue weighted by atomic mass is 32.1. The molecule has 1 atom stereocenters. The van der Waals surface area contributed by atoms with Crippen molar-refractivity contribution in [2.75, 3.05) is 5.73 Å². The highest BCUT2D eigenvalue weighted by Gasteiger charge is 2.11. The lowest BCUT2D eigenvalue weighted by molar-refractivity contribution is -0.121. The summed E-state index contributed by atoms with van der Waals surface area (Å²) in [7, 11) is 0. The summed E-state index contributed by atoms with van der Waals surface area (Å²) in [5, 5.41) is 5.24. The van der Waals surface area contributed by atoms with Gasteiger partial charge in [0, 0.05) is 5.38 Å². The van der Waals surface area contributed by atoms with Crippen molar-refractivity contribution in [2.45, 2.75) is 19.4 Å². The van der Waals surface area contributed by atoms with Crippen LogP contribution in [0.1, 0.15) is 24.2 Å². The summed E-state index contributed by atoms with van der Waals surface area (Å²) in [4.78, 5) is 15.9. The molecule has 0 spiro atoms. The van der Waals surface area contributed by atoms with Gasteiger partial charge in [0.1, 0.15) is 0 Å². The van der Waals surface area contributed by atoms with Gasteiger partial charge in [-0.05, 0) is 12.5 Å². The zero-order valence-electron chi connectivity index (χ0n) is 10.1. The van der Waals surface area contributed by atoms with E-state index in [1.54, 1.807) is 0 Å². The normalized spacial score (nSPS) is 12.1. The number of nitrogens with one attached hydrogen (secondary N) is 1. The molecular weight excluding hydrogens is 246 g/mol. The number of carbonyl (C=O) groups is 1. The maximum atomic E-state index is 11.8. The van der Waals surface area contributed by atoms with Crippen LogP contribution in [0.2, 0.25) is 0 Å². The number of benzene rings is 1. The fourth-order valence-electron chi connectivity index (χ4n) is 1.69. The minimum Gasteiger partial charge on any atom is -0.375 e. The Morgan fingerprint density at radius 1 is 1.44 bits per heavy atom. The first-order chi connectivity index (χ1) is 8.65. The summed E-state index contributed by atoms with van der Waals surface area (Å²) in [6.45, 7) is 1.96. The molecule has 2 rings (SSSR count). The zero-order valence-corrected chi connectivity index (χ0v) is 10.9. The molecular formula is C13H15N3OS. The summed E-state index contributed by atoms with van der Waals surface area (Å²) in [5.74, 6) is -0.0448. The van der Waals surface area contributed by atoms with E-state index >= 15 is 0 Å². The first-order valence-electron chi connectivity index (χ1n) is 5.69. The van der Waals surface area contributed by atoms with E-state index in [0.29, 0.717) is 5.13 Å². The number of aromatic nitrogens is 1. The molecule has 1 aromatic carbocycles. The van der Waals surface area contributed by atoms with Crippen molar-refractivity contribution in [1.29, 1.82) is 0 Å². The van der Waals surface area contributed by atoms with Crippen LogP contribution in [0.15, 0.2) is 35.7 Å². The van der Waals surface area contributed by atoms with E-state index in [4.69, 9.17) is 5.73 Å². The van der Waals surface area contributed by atoms with Crippen molar-refractivity contribution in [3.8, 4) is 0 Å². The lowest BCUT2D eigenvalue weighted by atomic mass is 10.1. The second-order valence-corrected chi connectivity index (χ2v) is 4.94. The molecule has 2 aromatic rings. The number of rotatable bonds is 4. The molecule has 18 heavy (non-hydrogen) atoms. The van der Waals surface area contributed by atoms with Gasteiger partial charge in [0.15, 0.2) is 5.13 Å². The van der Waals surface area contributed by atoms with E-state index in [-0.39, 0.29) is 18.4 Å². The smallest absolute Gasteiger partial charge is 0.226 e. The third kappa shape index (κ3) is 3.30. The SMILES string of the molecule is C[C@H](NC(=O)Cc1csc(N)n1)c1ccccc1. The number of anilines is 1. The minimum atomic E-state index is -0.0448. The van der Waals surface area contributed by atoms with Crippen LogP contribution in [0, 0.1) is 0 Å². The fourth-order valence-corrected chi connectivity index (χ4v) is 2.25. The summed E-state index contributed by atoms with van der Waals surface area (Å²) in [5.41, 5.74) is 7.33. The molecule has 94 valence electrons. The van der Waals surface area contributed by atoms with Crippen molar-refractivity contribution < 1.29 is 4.79 Å². The Morgan fingerprint density at radius 3 is 2.78 bits per heavy atom. The van der Waals surface area contributed by atoms with Gasteiger partial charge in [-0.1, -0.05) is 30.3 Å². The Bertz CT molecular complexity index is 524. The first kappa shape index (κ1) is 12.6. The molecule has 0 aliphatic carbocycles. The number of hydrogen-bond acceptors (Lipinski definition) is 4. The van der Waals surface area contributed by atoms with E-state index in [2.05, 4.69) is 10.3 Å². The Morgan fingerprint density at radius 2 is 2.17 bits per heavy atom. The molecule has 3 N–H and O–H groups in total. The number of nitrogens with zero attached hydrogens (tertiary/aromatic N) is 1. The van der Waals surface area contributed by atoms with Crippen molar-refractivity contribution in [3.05, 3.63) is 47.0 Å². The second-order valence-electron chi connectivity index (χ2n) is 4.05. The Balaban J connectivity index is 1.92. The molecule has 0 saturated heterocycles. The van der Waals surface area contributed by atoms with Crippen LogP contribution >= 0.6 is 11.3 Å². The zero-order chi connectivity index (χ0) is 13.0. The molecule has 4 nitrogen and oxygen atoms in total. The molecule has 1 heterocycles. The molecule has 0 bridgehead atoms. The Hall–Kier alpha value is -1.88. The predicted molar refractivity (Wildman–Crippen MR) is 73.2 cm³/mol.